The Morgan fingerprint density at radius 3 is 2.44 bits per heavy atom. The minimum atomic E-state index is -0.0135. The van der Waals surface area contributed by atoms with Crippen LogP contribution in [0.25, 0.3) is 16.8 Å². The summed E-state index contributed by atoms with van der Waals surface area (Å²) in [6.45, 7) is 3.89. The van der Waals surface area contributed by atoms with Crippen LogP contribution in [-0.4, -0.2) is 40.4 Å². The lowest BCUT2D eigenvalue weighted by Gasteiger charge is -2.09. The maximum Gasteiger partial charge on any atom is 0.173 e. The van der Waals surface area contributed by atoms with Crippen molar-refractivity contribution >= 4 is 34.8 Å². The van der Waals surface area contributed by atoms with Gasteiger partial charge in [-0.3, -0.25) is 4.79 Å². The van der Waals surface area contributed by atoms with Gasteiger partial charge < -0.3 is 9.47 Å². The van der Waals surface area contributed by atoms with Crippen molar-refractivity contribution < 1.29 is 14.3 Å². The largest absolute Gasteiger partial charge is 0.493 e. The summed E-state index contributed by atoms with van der Waals surface area (Å²) in [6.07, 6.45) is 0. The second-order valence-electron chi connectivity index (χ2n) is 7.22. The van der Waals surface area contributed by atoms with E-state index in [-0.39, 0.29) is 11.5 Å². The highest BCUT2D eigenvalue weighted by Gasteiger charge is 2.18. The first kappa shape index (κ1) is 22.2. The van der Waals surface area contributed by atoms with Gasteiger partial charge in [-0.25, -0.2) is 9.50 Å². The maximum atomic E-state index is 12.9. The van der Waals surface area contributed by atoms with Crippen LogP contribution in [0.3, 0.4) is 0 Å². The van der Waals surface area contributed by atoms with Gasteiger partial charge in [0.05, 0.1) is 25.7 Å². The molecule has 2 aromatic carbocycles. The Balaban J connectivity index is 1.65. The molecule has 2 aromatic heterocycles. The predicted octanol–water partition coefficient (Wildman–Crippen LogP) is 5.66. The van der Waals surface area contributed by atoms with Gasteiger partial charge in [0.1, 0.15) is 5.03 Å². The molecule has 0 radical (unpaired) electrons. The molecule has 4 aromatic rings. The van der Waals surface area contributed by atoms with Crippen LogP contribution in [0, 0.1) is 13.8 Å². The zero-order valence-corrected chi connectivity index (χ0v) is 19.8. The number of Topliss-reactive ketones (excluding diaryl/α,β-unsaturated/α-hetero) is 1. The van der Waals surface area contributed by atoms with E-state index in [1.807, 2.05) is 44.2 Å². The number of carbonyl (C=O) groups is 1. The molecular weight excluding hydrogens is 446 g/mol. The average molecular weight is 468 g/mol. The van der Waals surface area contributed by atoms with Crippen LogP contribution >= 0.6 is 23.4 Å². The zero-order valence-electron chi connectivity index (χ0n) is 18.2. The Morgan fingerprint density at radius 2 is 1.75 bits per heavy atom. The smallest absolute Gasteiger partial charge is 0.173 e. The van der Waals surface area contributed by atoms with Crippen LogP contribution < -0.4 is 9.47 Å². The maximum absolute atomic E-state index is 12.9. The van der Waals surface area contributed by atoms with Gasteiger partial charge in [-0.05, 0) is 55.8 Å². The summed E-state index contributed by atoms with van der Waals surface area (Å²) < 4.78 is 12.4. The third kappa shape index (κ3) is 4.31. The summed E-state index contributed by atoms with van der Waals surface area (Å²) in [5.41, 5.74) is 4.99. The van der Waals surface area contributed by atoms with Crippen molar-refractivity contribution in [1.82, 2.24) is 14.6 Å². The molecule has 164 valence electrons. The van der Waals surface area contributed by atoms with Gasteiger partial charge in [-0.15, -0.1) is 0 Å². The molecule has 2 heterocycles. The predicted molar refractivity (Wildman–Crippen MR) is 128 cm³/mol. The molecule has 0 aliphatic heterocycles. The molecule has 0 aliphatic rings. The van der Waals surface area contributed by atoms with Crippen molar-refractivity contribution in [2.24, 2.45) is 0 Å². The number of thioether (sulfide) groups is 1. The first-order valence-electron chi connectivity index (χ1n) is 9.92. The molecule has 0 unspecified atom stereocenters. The molecule has 0 saturated carbocycles. The molecule has 0 saturated heterocycles. The Morgan fingerprint density at radius 1 is 1.03 bits per heavy atom. The van der Waals surface area contributed by atoms with E-state index in [4.69, 9.17) is 31.2 Å². The van der Waals surface area contributed by atoms with Crippen molar-refractivity contribution in [2.75, 3.05) is 20.0 Å². The molecule has 0 bridgehead atoms. The summed E-state index contributed by atoms with van der Waals surface area (Å²) in [5, 5.41) is 6.24. The summed E-state index contributed by atoms with van der Waals surface area (Å²) in [6, 6.07) is 14.8. The van der Waals surface area contributed by atoms with Crippen LogP contribution in [0.4, 0.5) is 0 Å². The lowest BCUT2D eigenvalue weighted by molar-refractivity contribution is 0.102. The number of fused-ring (bicyclic) bond motifs is 1. The van der Waals surface area contributed by atoms with Crippen molar-refractivity contribution in [1.29, 1.82) is 0 Å². The molecule has 0 fully saturated rings. The molecule has 0 N–H and O–H groups in total. The number of benzene rings is 2. The first-order chi connectivity index (χ1) is 15.4. The van der Waals surface area contributed by atoms with Crippen LogP contribution in [0.1, 0.15) is 21.7 Å². The summed E-state index contributed by atoms with van der Waals surface area (Å²) in [4.78, 5) is 17.6. The second-order valence-corrected chi connectivity index (χ2v) is 8.65. The van der Waals surface area contributed by atoms with Gasteiger partial charge in [0.15, 0.2) is 22.9 Å². The molecule has 4 rings (SSSR count). The number of rotatable bonds is 7. The summed E-state index contributed by atoms with van der Waals surface area (Å²) >= 11 is 7.48. The fraction of sp³-hybridized carbons (Fsp3) is 0.208. The van der Waals surface area contributed by atoms with Crippen LogP contribution in [0.15, 0.2) is 53.6 Å². The lowest BCUT2D eigenvalue weighted by Crippen LogP contribution is -2.05. The number of carbonyl (C=O) groups excluding carboxylic acids is 1. The molecule has 0 aliphatic carbocycles. The normalized spacial score (nSPS) is 11.0. The SMILES string of the molecule is COc1ccc(C(=O)CSc2cc(C)nc3c(-c4ccc(Cl)cc4)c(C)nn23)cc1OC. The molecule has 0 atom stereocenters. The summed E-state index contributed by atoms with van der Waals surface area (Å²) in [7, 11) is 3.12. The van der Waals surface area contributed by atoms with E-state index in [1.54, 1.807) is 36.9 Å². The Hall–Kier alpha value is -3.03. The van der Waals surface area contributed by atoms with E-state index in [1.165, 1.54) is 11.8 Å². The first-order valence-corrected chi connectivity index (χ1v) is 11.3. The third-order valence-electron chi connectivity index (χ3n) is 5.05. The van der Waals surface area contributed by atoms with E-state index in [2.05, 4.69) is 0 Å². The van der Waals surface area contributed by atoms with Gasteiger partial charge in [-0.1, -0.05) is 35.5 Å². The average Bonchev–Trinajstić information content (AvgIpc) is 3.12. The second kappa shape index (κ2) is 9.22. The number of halogens is 1. The minimum Gasteiger partial charge on any atom is -0.493 e. The number of nitrogens with zero attached hydrogens (tertiary/aromatic N) is 3. The van der Waals surface area contributed by atoms with Crippen molar-refractivity contribution in [3.05, 3.63) is 70.5 Å². The van der Waals surface area contributed by atoms with Crippen LogP contribution in [0.5, 0.6) is 11.5 Å². The molecular formula is C24H22ClN3O3S. The van der Waals surface area contributed by atoms with Crippen LogP contribution in [0.2, 0.25) is 5.02 Å². The number of aromatic nitrogens is 3. The molecule has 0 amide bonds. The Kier molecular flexibility index (Phi) is 6.39. The lowest BCUT2D eigenvalue weighted by atomic mass is 10.1. The highest BCUT2D eigenvalue weighted by Crippen LogP contribution is 2.32. The van der Waals surface area contributed by atoms with E-state index in [0.29, 0.717) is 22.1 Å². The van der Waals surface area contributed by atoms with E-state index in [9.17, 15) is 4.79 Å². The monoisotopic (exact) mass is 467 g/mol. The van der Waals surface area contributed by atoms with Gasteiger partial charge in [0.2, 0.25) is 0 Å². The Bertz CT molecular complexity index is 1300. The third-order valence-corrected chi connectivity index (χ3v) is 6.29. The number of ketones is 1. The zero-order chi connectivity index (χ0) is 22.8. The van der Waals surface area contributed by atoms with E-state index in [0.717, 1.165) is 33.2 Å². The fourth-order valence-corrected chi connectivity index (χ4v) is 4.58. The topological polar surface area (TPSA) is 65.7 Å². The summed E-state index contributed by atoms with van der Waals surface area (Å²) in [5.74, 6) is 1.36. The molecule has 32 heavy (non-hydrogen) atoms. The van der Waals surface area contributed by atoms with E-state index < -0.39 is 0 Å². The fourth-order valence-electron chi connectivity index (χ4n) is 3.50. The van der Waals surface area contributed by atoms with Crippen molar-refractivity contribution in [3.63, 3.8) is 0 Å². The number of methoxy groups -OCH3 is 2. The molecule has 0 spiro atoms. The van der Waals surface area contributed by atoms with Gasteiger partial charge in [0.25, 0.3) is 0 Å². The molecule has 8 heteroatoms. The van der Waals surface area contributed by atoms with Crippen molar-refractivity contribution in [3.8, 4) is 22.6 Å². The highest BCUT2D eigenvalue weighted by atomic mass is 35.5. The number of aryl methyl sites for hydroxylation is 2. The van der Waals surface area contributed by atoms with Crippen LogP contribution in [-0.2, 0) is 0 Å². The standard InChI is InChI=1S/C24H22ClN3O3S/c1-14-11-22(32-13-19(29)17-7-10-20(30-3)21(12-17)31-4)28-24(26-14)23(15(2)27-28)16-5-8-18(25)9-6-16/h5-12H,13H2,1-4H3. The number of hydrogen-bond donors (Lipinski definition) is 0. The number of ether oxygens (including phenoxy) is 2. The van der Waals surface area contributed by atoms with Gasteiger partial charge in [-0.2, -0.15) is 5.10 Å². The Labute approximate surface area is 195 Å². The van der Waals surface area contributed by atoms with Crippen molar-refractivity contribution in [2.45, 2.75) is 18.9 Å². The molecule has 6 nitrogen and oxygen atoms in total. The van der Waals surface area contributed by atoms with Gasteiger partial charge in [0, 0.05) is 21.8 Å². The van der Waals surface area contributed by atoms with Gasteiger partial charge >= 0.3 is 0 Å². The minimum absolute atomic E-state index is 0.0135. The van der Waals surface area contributed by atoms with E-state index >= 15 is 0 Å². The highest BCUT2D eigenvalue weighted by molar-refractivity contribution is 7.99. The quantitative estimate of drug-likeness (QED) is 0.198. The number of hydrogen-bond acceptors (Lipinski definition) is 6.